The van der Waals surface area contributed by atoms with Crippen LogP contribution < -0.4 is 16.4 Å². The first-order valence-corrected chi connectivity index (χ1v) is 7.31. The number of amides is 2. The SMILES string of the molecule is CCNC(=O)c1ccc(N)c(NCC(=O)N2CCCC2)c1. The van der Waals surface area contributed by atoms with Crippen molar-refractivity contribution in [3.05, 3.63) is 23.8 Å². The molecule has 0 aliphatic carbocycles. The molecule has 1 aromatic carbocycles. The second kappa shape index (κ2) is 6.97. The Morgan fingerprint density at radius 2 is 2.00 bits per heavy atom. The van der Waals surface area contributed by atoms with Gasteiger partial charge in [-0.15, -0.1) is 0 Å². The van der Waals surface area contributed by atoms with Gasteiger partial charge in [-0.2, -0.15) is 0 Å². The molecule has 0 bridgehead atoms. The number of nitrogens with two attached hydrogens (primary N) is 1. The Bertz CT molecular complexity index is 524. The highest BCUT2D eigenvalue weighted by molar-refractivity contribution is 5.96. The Morgan fingerprint density at radius 3 is 2.67 bits per heavy atom. The zero-order valence-electron chi connectivity index (χ0n) is 12.3. The van der Waals surface area contributed by atoms with Gasteiger partial charge in [-0.1, -0.05) is 0 Å². The summed E-state index contributed by atoms with van der Waals surface area (Å²) in [5.74, 6) is -0.0817. The van der Waals surface area contributed by atoms with Crippen molar-refractivity contribution in [2.45, 2.75) is 19.8 Å². The highest BCUT2D eigenvalue weighted by Crippen LogP contribution is 2.20. The molecule has 0 atom stereocenters. The Kier molecular flexibility index (Phi) is 5.03. The summed E-state index contributed by atoms with van der Waals surface area (Å²) in [5, 5.41) is 5.77. The van der Waals surface area contributed by atoms with Gasteiger partial charge >= 0.3 is 0 Å². The molecule has 0 saturated carbocycles. The Balaban J connectivity index is 1.99. The highest BCUT2D eigenvalue weighted by Gasteiger charge is 2.17. The van der Waals surface area contributed by atoms with E-state index in [9.17, 15) is 9.59 Å². The molecule has 0 spiro atoms. The third kappa shape index (κ3) is 3.87. The molecule has 1 aliphatic heterocycles. The lowest BCUT2D eigenvalue weighted by atomic mass is 10.1. The van der Waals surface area contributed by atoms with E-state index >= 15 is 0 Å². The molecule has 1 saturated heterocycles. The smallest absolute Gasteiger partial charge is 0.251 e. The van der Waals surface area contributed by atoms with Crippen LogP contribution in [0.2, 0.25) is 0 Å². The van der Waals surface area contributed by atoms with E-state index in [2.05, 4.69) is 10.6 Å². The van der Waals surface area contributed by atoms with E-state index in [0.29, 0.717) is 23.5 Å². The Labute approximate surface area is 124 Å². The molecule has 0 unspecified atom stereocenters. The molecule has 1 aromatic rings. The number of likely N-dealkylation sites (tertiary alicyclic amines) is 1. The van der Waals surface area contributed by atoms with Gasteiger partial charge < -0.3 is 21.3 Å². The van der Waals surface area contributed by atoms with Gasteiger partial charge in [-0.05, 0) is 38.0 Å². The van der Waals surface area contributed by atoms with E-state index in [-0.39, 0.29) is 18.4 Å². The third-order valence-corrected chi connectivity index (χ3v) is 3.54. The number of nitrogens with one attached hydrogen (secondary N) is 2. The molecule has 1 heterocycles. The molecule has 6 heteroatoms. The topological polar surface area (TPSA) is 87.5 Å². The standard InChI is InChI=1S/C15H22N4O2/c1-2-17-15(21)11-5-6-12(16)13(9-11)18-10-14(20)19-7-3-4-8-19/h5-6,9,18H,2-4,7-8,10,16H2,1H3,(H,17,21). The summed E-state index contributed by atoms with van der Waals surface area (Å²) in [4.78, 5) is 25.6. The number of hydrogen-bond donors (Lipinski definition) is 3. The summed E-state index contributed by atoms with van der Waals surface area (Å²) < 4.78 is 0. The van der Waals surface area contributed by atoms with Gasteiger partial charge in [0.2, 0.25) is 5.91 Å². The van der Waals surface area contributed by atoms with Crippen LogP contribution in [-0.4, -0.2) is 42.9 Å². The van der Waals surface area contributed by atoms with Gasteiger partial charge in [-0.25, -0.2) is 0 Å². The lowest BCUT2D eigenvalue weighted by Crippen LogP contribution is -2.33. The molecule has 4 N–H and O–H groups in total. The van der Waals surface area contributed by atoms with Crippen LogP contribution in [0.25, 0.3) is 0 Å². The van der Waals surface area contributed by atoms with Crippen molar-refractivity contribution >= 4 is 23.2 Å². The lowest BCUT2D eigenvalue weighted by Gasteiger charge is -2.17. The molecule has 6 nitrogen and oxygen atoms in total. The van der Waals surface area contributed by atoms with Crippen LogP contribution in [0.1, 0.15) is 30.1 Å². The molecule has 2 rings (SSSR count). The monoisotopic (exact) mass is 290 g/mol. The largest absolute Gasteiger partial charge is 0.397 e. The van der Waals surface area contributed by atoms with Crippen LogP contribution in [-0.2, 0) is 4.79 Å². The van der Waals surface area contributed by atoms with Gasteiger partial charge in [0.25, 0.3) is 5.91 Å². The van der Waals surface area contributed by atoms with E-state index < -0.39 is 0 Å². The molecule has 1 fully saturated rings. The summed E-state index contributed by atoms with van der Waals surface area (Å²) >= 11 is 0. The van der Waals surface area contributed by atoms with Gasteiger partial charge in [0.15, 0.2) is 0 Å². The van der Waals surface area contributed by atoms with Gasteiger partial charge in [0.1, 0.15) is 0 Å². The fourth-order valence-corrected chi connectivity index (χ4v) is 2.36. The fraction of sp³-hybridized carbons (Fsp3) is 0.467. The van der Waals surface area contributed by atoms with Crippen molar-refractivity contribution in [3.63, 3.8) is 0 Å². The quantitative estimate of drug-likeness (QED) is 0.707. The molecule has 1 aliphatic rings. The summed E-state index contributed by atoms with van der Waals surface area (Å²) in [6.07, 6.45) is 2.14. The Morgan fingerprint density at radius 1 is 1.29 bits per heavy atom. The van der Waals surface area contributed by atoms with Gasteiger partial charge in [0.05, 0.1) is 17.9 Å². The number of carbonyl (C=O) groups is 2. The second-order valence-electron chi connectivity index (χ2n) is 5.10. The number of benzene rings is 1. The summed E-state index contributed by atoms with van der Waals surface area (Å²) in [7, 11) is 0. The molecule has 0 radical (unpaired) electrons. The van der Waals surface area contributed by atoms with Crippen LogP contribution in [0.4, 0.5) is 11.4 Å². The molecule has 2 amide bonds. The average molecular weight is 290 g/mol. The van der Waals surface area contributed by atoms with Crippen LogP contribution in [0.15, 0.2) is 18.2 Å². The summed E-state index contributed by atoms with van der Waals surface area (Å²) in [6, 6.07) is 5.03. The number of nitrogens with zero attached hydrogens (tertiary/aromatic N) is 1. The second-order valence-corrected chi connectivity index (χ2v) is 5.10. The molecule has 114 valence electrons. The van der Waals surface area contributed by atoms with Crippen molar-refractivity contribution in [3.8, 4) is 0 Å². The summed E-state index contributed by atoms with van der Waals surface area (Å²) in [5.41, 5.74) is 7.56. The van der Waals surface area contributed by atoms with Crippen LogP contribution in [0.5, 0.6) is 0 Å². The fourth-order valence-electron chi connectivity index (χ4n) is 2.36. The van der Waals surface area contributed by atoms with E-state index in [4.69, 9.17) is 5.73 Å². The van der Waals surface area contributed by atoms with E-state index in [1.165, 1.54) is 0 Å². The first-order valence-electron chi connectivity index (χ1n) is 7.31. The van der Waals surface area contributed by atoms with Crippen molar-refractivity contribution in [2.75, 3.05) is 37.2 Å². The van der Waals surface area contributed by atoms with Gasteiger partial charge in [0, 0.05) is 25.2 Å². The minimum Gasteiger partial charge on any atom is -0.397 e. The average Bonchev–Trinajstić information content (AvgIpc) is 3.00. The number of anilines is 2. The van der Waals surface area contributed by atoms with Crippen molar-refractivity contribution in [1.29, 1.82) is 0 Å². The predicted octanol–water partition coefficient (Wildman–Crippen LogP) is 1.05. The first kappa shape index (κ1) is 15.2. The van der Waals surface area contributed by atoms with E-state index in [1.54, 1.807) is 18.2 Å². The molecule has 21 heavy (non-hydrogen) atoms. The number of carbonyl (C=O) groups excluding carboxylic acids is 2. The molecular weight excluding hydrogens is 268 g/mol. The Hall–Kier alpha value is -2.24. The summed E-state index contributed by atoms with van der Waals surface area (Å²) in [6.45, 7) is 4.29. The van der Waals surface area contributed by atoms with Crippen molar-refractivity contribution < 1.29 is 9.59 Å². The van der Waals surface area contributed by atoms with Crippen LogP contribution in [0.3, 0.4) is 0 Å². The first-order chi connectivity index (χ1) is 10.1. The third-order valence-electron chi connectivity index (χ3n) is 3.54. The number of rotatable bonds is 5. The maximum Gasteiger partial charge on any atom is 0.251 e. The molecular formula is C15H22N4O2. The van der Waals surface area contributed by atoms with Crippen molar-refractivity contribution in [1.82, 2.24) is 10.2 Å². The van der Waals surface area contributed by atoms with E-state index in [1.807, 2.05) is 11.8 Å². The lowest BCUT2D eigenvalue weighted by molar-refractivity contribution is -0.128. The number of nitrogen functional groups attached to an aromatic ring is 1. The zero-order chi connectivity index (χ0) is 15.2. The minimum atomic E-state index is -0.147. The highest BCUT2D eigenvalue weighted by atomic mass is 16.2. The van der Waals surface area contributed by atoms with E-state index in [0.717, 1.165) is 25.9 Å². The van der Waals surface area contributed by atoms with Gasteiger partial charge in [-0.3, -0.25) is 9.59 Å². The maximum atomic E-state index is 12.0. The molecule has 0 aromatic heterocycles. The zero-order valence-corrected chi connectivity index (χ0v) is 12.3. The normalized spacial score (nSPS) is 14.0. The van der Waals surface area contributed by atoms with Crippen LogP contribution >= 0.6 is 0 Å². The minimum absolute atomic E-state index is 0.0651. The number of hydrogen-bond acceptors (Lipinski definition) is 4. The van der Waals surface area contributed by atoms with Crippen molar-refractivity contribution in [2.24, 2.45) is 0 Å². The maximum absolute atomic E-state index is 12.0. The predicted molar refractivity (Wildman–Crippen MR) is 83.2 cm³/mol. The van der Waals surface area contributed by atoms with Crippen LogP contribution in [0, 0.1) is 0 Å².